The van der Waals surface area contributed by atoms with Crippen molar-refractivity contribution in [1.82, 2.24) is 20.1 Å². The molecule has 1 heterocycles. The molecular formula is C26H33N5O3S. The molecule has 0 spiro atoms. The monoisotopic (exact) mass is 495 g/mol. The number of carbonyl (C=O) groups excluding carboxylic acids is 2. The molecule has 0 bridgehead atoms. The third-order valence-corrected chi connectivity index (χ3v) is 6.59. The van der Waals surface area contributed by atoms with Gasteiger partial charge in [-0.15, -0.1) is 10.2 Å². The number of carbonyl (C=O) groups is 2. The lowest BCUT2D eigenvalue weighted by Gasteiger charge is -2.15. The maximum atomic E-state index is 12.6. The lowest BCUT2D eigenvalue weighted by Crippen LogP contribution is -2.30. The smallest absolute Gasteiger partial charge is 0.234 e. The van der Waals surface area contributed by atoms with Crippen LogP contribution in [0.3, 0.4) is 0 Å². The van der Waals surface area contributed by atoms with Gasteiger partial charge in [-0.2, -0.15) is 0 Å². The van der Waals surface area contributed by atoms with Crippen LogP contribution in [0.2, 0.25) is 0 Å². The summed E-state index contributed by atoms with van der Waals surface area (Å²) in [7, 11) is 1.61. The quantitative estimate of drug-likeness (QED) is 0.405. The van der Waals surface area contributed by atoms with Gasteiger partial charge in [0.2, 0.25) is 11.8 Å². The molecule has 8 nitrogen and oxygen atoms in total. The Bertz CT molecular complexity index is 1170. The molecule has 0 aliphatic carbocycles. The number of benzene rings is 2. The Balaban J connectivity index is 1.59. The fourth-order valence-electron chi connectivity index (χ4n) is 3.99. The van der Waals surface area contributed by atoms with E-state index in [2.05, 4.69) is 33.0 Å². The molecule has 1 aromatic heterocycles. The highest BCUT2D eigenvalue weighted by Gasteiger charge is 2.20. The molecule has 0 fully saturated rings. The van der Waals surface area contributed by atoms with Crippen LogP contribution in [0.25, 0.3) is 0 Å². The summed E-state index contributed by atoms with van der Waals surface area (Å²) in [5.41, 5.74) is 5.00. The van der Waals surface area contributed by atoms with Gasteiger partial charge in [0.05, 0.1) is 25.3 Å². The van der Waals surface area contributed by atoms with E-state index < -0.39 is 0 Å². The van der Waals surface area contributed by atoms with E-state index in [-0.39, 0.29) is 30.0 Å². The SMILES string of the molecule is CCn1c(SCC(=O)Nc2c(C)cc(C)cc2C)nnc1C(C)NC(=O)Cc1ccc(OC)cc1. The first kappa shape index (κ1) is 26.3. The zero-order valence-corrected chi connectivity index (χ0v) is 22.0. The first-order valence-corrected chi connectivity index (χ1v) is 12.6. The van der Waals surface area contributed by atoms with Crippen LogP contribution in [0.4, 0.5) is 5.69 Å². The predicted molar refractivity (Wildman–Crippen MR) is 139 cm³/mol. The molecule has 1 unspecified atom stereocenters. The van der Waals surface area contributed by atoms with Crippen LogP contribution >= 0.6 is 11.8 Å². The van der Waals surface area contributed by atoms with Crippen LogP contribution in [0.5, 0.6) is 5.75 Å². The summed E-state index contributed by atoms with van der Waals surface area (Å²) in [6.45, 7) is 10.5. The van der Waals surface area contributed by atoms with Gasteiger partial charge < -0.3 is 19.9 Å². The lowest BCUT2D eigenvalue weighted by molar-refractivity contribution is -0.121. The summed E-state index contributed by atoms with van der Waals surface area (Å²) in [6.07, 6.45) is 0.258. The van der Waals surface area contributed by atoms with Crippen molar-refractivity contribution in [3.8, 4) is 5.75 Å². The minimum atomic E-state index is -0.325. The number of rotatable bonds is 10. The van der Waals surface area contributed by atoms with Crippen molar-refractivity contribution in [3.05, 3.63) is 64.5 Å². The molecule has 2 aromatic carbocycles. The normalized spacial score (nSPS) is 11.7. The van der Waals surface area contributed by atoms with Crippen LogP contribution in [0.1, 0.15) is 48.0 Å². The molecule has 2 amide bonds. The van der Waals surface area contributed by atoms with Gasteiger partial charge >= 0.3 is 0 Å². The van der Waals surface area contributed by atoms with Crippen molar-refractivity contribution >= 4 is 29.3 Å². The Morgan fingerprint density at radius 3 is 2.31 bits per heavy atom. The number of anilines is 1. The molecule has 3 rings (SSSR count). The van der Waals surface area contributed by atoms with E-state index in [1.807, 2.05) is 63.5 Å². The summed E-state index contributed by atoms with van der Waals surface area (Å²) < 4.78 is 7.09. The fourth-order valence-corrected chi connectivity index (χ4v) is 4.80. The Hall–Kier alpha value is -3.33. The molecule has 0 radical (unpaired) electrons. The third-order valence-electron chi connectivity index (χ3n) is 5.62. The molecule has 35 heavy (non-hydrogen) atoms. The highest BCUT2D eigenvalue weighted by atomic mass is 32.2. The van der Waals surface area contributed by atoms with Gasteiger partial charge in [-0.1, -0.05) is 41.6 Å². The standard InChI is InChI=1S/C26H33N5O3S/c1-7-31-25(19(5)27-22(32)14-20-8-10-21(34-6)11-9-20)29-30-26(31)35-15-23(33)28-24-17(3)12-16(2)13-18(24)4/h8-13,19H,7,14-15H2,1-6H3,(H,27,32)(H,28,33). The minimum Gasteiger partial charge on any atom is -0.497 e. The van der Waals surface area contributed by atoms with Crippen molar-refractivity contribution in [1.29, 1.82) is 0 Å². The zero-order valence-electron chi connectivity index (χ0n) is 21.1. The summed E-state index contributed by atoms with van der Waals surface area (Å²) in [4.78, 5) is 25.2. The van der Waals surface area contributed by atoms with Gasteiger partial charge in [0.1, 0.15) is 5.75 Å². The number of aromatic nitrogens is 3. The molecular weight excluding hydrogens is 462 g/mol. The molecule has 0 saturated carbocycles. The predicted octanol–water partition coefficient (Wildman–Crippen LogP) is 4.38. The van der Waals surface area contributed by atoms with Gasteiger partial charge in [0, 0.05) is 12.2 Å². The van der Waals surface area contributed by atoms with Crippen LogP contribution in [0.15, 0.2) is 41.6 Å². The summed E-state index contributed by atoms with van der Waals surface area (Å²) in [6, 6.07) is 11.2. The molecule has 0 saturated heterocycles. The van der Waals surface area contributed by atoms with Crippen LogP contribution in [-0.4, -0.2) is 39.4 Å². The molecule has 0 aliphatic rings. The van der Waals surface area contributed by atoms with E-state index in [4.69, 9.17) is 4.74 Å². The van der Waals surface area contributed by atoms with Gasteiger partial charge in [-0.25, -0.2) is 0 Å². The van der Waals surface area contributed by atoms with Crippen molar-refractivity contribution in [3.63, 3.8) is 0 Å². The largest absolute Gasteiger partial charge is 0.497 e. The number of methoxy groups -OCH3 is 1. The van der Waals surface area contributed by atoms with Crippen molar-refractivity contribution in [2.24, 2.45) is 0 Å². The Kier molecular flexibility index (Phi) is 8.92. The molecule has 3 aromatic rings. The highest BCUT2D eigenvalue weighted by molar-refractivity contribution is 7.99. The summed E-state index contributed by atoms with van der Waals surface area (Å²) in [5.74, 6) is 1.41. The van der Waals surface area contributed by atoms with Crippen molar-refractivity contribution in [2.45, 2.75) is 58.8 Å². The topological polar surface area (TPSA) is 98.1 Å². The van der Waals surface area contributed by atoms with Crippen molar-refractivity contribution < 1.29 is 14.3 Å². The van der Waals surface area contributed by atoms with Gasteiger partial charge in [0.15, 0.2) is 11.0 Å². The molecule has 1 atom stereocenters. The number of nitrogens with one attached hydrogen (secondary N) is 2. The Morgan fingerprint density at radius 2 is 1.71 bits per heavy atom. The second-order valence-electron chi connectivity index (χ2n) is 8.51. The number of hydrogen-bond donors (Lipinski definition) is 2. The van der Waals surface area contributed by atoms with Crippen molar-refractivity contribution in [2.75, 3.05) is 18.2 Å². The van der Waals surface area contributed by atoms with Gasteiger partial charge in [-0.3, -0.25) is 9.59 Å². The van der Waals surface area contributed by atoms with E-state index in [1.54, 1.807) is 7.11 Å². The van der Waals surface area contributed by atoms with E-state index in [1.165, 1.54) is 17.3 Å². The molecule has 2 N–H and O–H groups in total. The van der Waals surface area contributed by atoms with Crippen LogP contribution in [-0.2, 0) is 22.6 Å². The number of nitrogens with zero attached hydrogens (tertiary/aromatic N) is 3. The van der Waals surface area contributed by atoms with Gasteiger partial charge in [0.25, 0.3) is 0 Å². The maximum absolute atomic E-state index is 12.6. The van der Waals surface area contributed by atoms with E-state index in [0.29, 0.717) is 17.5 Å². The Morgan fingerprint density at radius 1 is 1.06 bits per heavy atom. The number of thioether (sulfide) groups is 1. The number of aryl methyl sites for hydroxylation is 3. The maximum Gasteiger partial charge on any atom is 0.234 e. The Labute approximate surface area is 210 Å². The molecule has 0 aliphatic heterocycles. The second kappa shape index (κ2) is 11.9. The average molecular weight is 496 g/mol. The second-order valence-corrected chi connectivity index (χ2v) is 9.45. The number of amides is 2. The summed E-state index contributed by atoms with van der Waals surface area (Å²) >= 11 is 1.33. The van der Waals surface area contributed by atoms with Crippen LogP contribution < -0.4 is 15.4 Å². The molecule has 9 heteroatoms. The fraction of sp³-hybridized carbons (Fsp3) is 0.385. The average Bonchev–Trinajstić information content (AvgIpc) is 3.23. The van der Waals surface area contributed by atoms with E-state index >= 15 is 0 Å². The highest BCUT2D eigenvalue weighted by Crippen LogP contribution is 2.24. The molecule has 186 valence electrons. The first-order chi connectivity index (χ1) is 16.7. The minimum absolute atomic E-state index is 0.0990. The number of ether oxygens (including phenoxy) is 1. The van der Waals surface area contributed by atoms with E-state index in [0.717, 1.165) is 28.1 Å². The van der Waals surface area contributed by atoms with Crippen LogP contribution in [0, 0.1) is 20.8 Å². The number of hydrogen-bond acceptors (Lipinski definition) is 6. The lowest BCUT2D eigenvalue weighted by atomic mass is 10.1. The third kappa shape index (κ3) is 6.85. The summed E-state index contributed by atoms with van der Waals surface area (Å²) in [5, 5.41) is 15.2. The first-order valence-electron chi connectivity index (χ1n) is 11.6. The zero-order chi connectivity index (χ0) is 25.5. The van der Waals surface area contributed by atoms with E-state index in [9.17, 15) is 9.59 Å². The van der Waals surface area contributed by atoms with Gasteiger partial charge in [-0.05, 0) is 63.4 Å².